The van der Waals surface area contributed by atoms with Crippen LogP contribution in [0, 0.1) is 0 Å². The van der Waals surface area contributed by atoms with Crippen LogP contribution in [0.25, 0.3) is 27.5 Å². The van der Waals surface area contributed by atoms with E-state index < -0.39 is 0 Å². The summed E-state index contributed by atoms with van der Waals surface area (Å²) in [6, 6.07) is 23.6. The Kier molecular flexibility index (Phi) is 3.70. The van der Waals surface area contributed by atoms with E-state index in [-0.39, 0.29) is 1.43 Å². The van der Waals surface area contributed by atoms with Gasteiger partial charge in [0.15, 0.2) is 0 Å². The van der Waals surface area contributed by atoms with Crippen molar-refractivity contribution in [1.82, 2.24) is 0 Å². The maximum atomic E-state index is 4.10. The lowest BCUT2D eigenvalue weighted by Gasteiger charge is -2.09. The van der Waals surface area contributed by atoms with Crippen LogP contribution in [0.2, 0.25) is 0 Å². The number of hydrogen-bond donors (Lipinski definition) is 0. The predicted molar refractivity (Wildman–Crippen MR) is 95.3 cm³/mol. The highest BCUT2D eigenvalue weighted by Crippen LogP contribution is 2.29. The first-order valence-corrected chi connectivity index (χ1v) is 7.17. The number of allylic oxidation sites excluding steroid dienone is 2. The van der Waals surface area contributed by atoms with E-state index in [9.17, 15) is 0 Å². The number of rotatable bonds is 4. The average molecular weight is 272 g/mol. The summed E-state index contributed by atoms with van der Waals surface area (Å²) in [6.45, 7) is 7.86. The van der Waals surface area contributed by atoms with E-state index in [2.05, 4.69) is 79.9 Å². The Morgan fingerprint density at radius 3 is 2.38 bits per heavy atom. The van der Waals surface area contributed by atoms with Gasteiger partial charge in [-0.05, 0) is 39.5 Å². The van der Waals surface area contributed by atoms with Crippen LogP contribution in [0.3, 0.4) is 0 Å². The van der Waals surface area contributed by atoms with Crippen LogP contribution in [-0.4, -0.2) is 0 Å². The van der Waals surface area contributed by atoms with Gasteiger partial charge in [-0.25, -0.2) is 0 Å². The summed E-state index contributed by atoms with van der Waals surface area (Å²) in [7, 11) is 0. The SMILES string of the molecule is C=CCC(=C)c1ccc(-c2cccc3ccccc23)cc1.[HH]. The van der Waals surface area contributed by atoms with Gasteiger partial charge in [0.1, 0.15) is 0 Å². The van der Waals surface area contributed by atoms with E-state index in [0.29, 0.717) is 0 Å². The molecule has 0 fully saturated rings. The second-order valence-electron chi connectivity index (χ2n) is 5.20. The first-order valence-electron chi connectivity index (χ1n) is 7.17. The molecule has 0 bridgehead atoms. The number of benzene rings is 3. The maximum absolute atomic E-state index is 4.10. The van der Waals surface area contributed by atoms with Gasteiger partial charge in [-0.1, -0.05) is 79.4 Å². The molecule has 0 aliphatic carbocycles. The zero-order valence-corrected chi connectivity index (χ0v) is 12.0. The van der Waals surface area contributed by atoms with Crippen molar-refractivity contribution in [2.75, 3.05) is 0 Å². The normalized spacial score (nSPS) is 10.5. The Bertz CT molecular complexity index is 792. The lowest BCUT2D eigenvalue weighted by molar-refractivity contribution is 1.41. The van der Waals surface area contributed by atoms with E-state index >= 15 is 0 Å². The molecule has 3 rings (SSSR count). The molecule has 3 aromatic carbocycles. The third-order valence-corrected chi connectivity index (χ3v) is 3.78. The molecule has 0 amide bonds. The number of hydrogen-bond acceptors (Lipinski definition) is 0. The van der Waals surface area contributed by atoms with Gasteiger partial charge in [0, 0.05) is 1.43 Å². The summed E-state index contributed by atoms with van der Waals surface area (Å²) in [5.74, 6) is 0. The zero-order valence-electron chi connectivity index (χ0n) is 12.0. The second-order valence-corrected chi connectivity index (χ2v) is 5.20. The molecule has 0 aliphatic heterocycles. The fourth-order valence-corrected chi connectivity index (χ4v) is 2.65. The van der Waals surface area contributed by atoms with Crippen LogP contribution in [0.5, 0.6) is 0 Å². The summed E-state index contributed by atoms with van der Waals surface area (Å²) < 4.78 is 0. The first-order chi connectivity index (χ1) is 10.3. The second kappa shape index (κ2) is 5.80. The molecule has 0 heteroatoms. The smallest absolute Gasteiger partial charge is 0 e. The fourth-order valence-electron chi connectivity index (χ4n) is 2.65. The lowest BCUT2D eigenvalue weighted by atomic mass is 9.96. The van der Waals surface area contributed by atoms with Gasteiger partial charge >= 0.3 is 0 Å². The molecule has 3 aromatic rings. The maximum Gasteiger partial charge on any atom is 0 e. The molecular weight excluding hydrogens is 252 g/mol. The summed E-state index contributed by atoms with van der Waals surface area (Å²) in [5.41, 5.74) is 4.80. The van der Waals surface area contributed by atoms with E-state index in [1.165, 1.54) is 27.5 Å². The molecular formula is C21H20. The van der Waals surface area contributed by atoms with Gasteiger partial charge in [0.25, 0.3) is 0 Å². The van der Waals surface area contributed by atoms with Gasteiger partial charge in [-0.2, -0.15) is 0 Å². The van der Waals surface area contributed by atoms with Gasteiger partial charge in [-0.3, -0.25) is 0 Å². The van der Waals surface area contributed by atoms with Crippen molar-refractivity contribution in [3.8, 4) is 11.1 Å². The number of fused-ring (bicyclic) bond motifs is 1. The quantitative estimate of drug-likeness (QED) is 0.486. The van der Waals surface area contributed by atoms with Gasteiger partial charge in [-0.15, -0.1) is 6.58 Å². The Morgan fingerprint density at radius 2 is 1.62 bits per heavy atom. The third-order valence-electron chi connectivity index (χ3n) is 3.78. The van der Waals surface area contributed by atoms with E-state index in [0.717, 1.165) is 12.0 Å². The molecule has 0 radical (unpaired) electrons. The van der Waals surface area contributed by atoms with Gasteiger partial charge < -0.3 is 0 Å². The molecule has 104 valence electrons. The van der Waals surface area contributed by atoms with Gasteiger partial charge in [0.05, 0.1) is 0 Å². The molecule has 0 atom stereocenters. The Morgan fingerprint density at radius 1 is 0.905 bits per heavy atom. The Balaban J connectivity index is 0.00000176. The zero-order chi connectivity index (χ0) is 14.7. The lowest BCUT2D eigenvalue weighted by Crippen LogP contribution is -1.84. The fraction of sp³-hybridized carbons (Fsp3) is 0.0476. The highest BCUT2D eigenvalue weighted by molar-refractivity contribution is 5.96. The molecule has 0 unspecified atom stereocenters. The van der Waals surface area contributed by atoms with Crippen molar-refractivity contribution < 1.29 is 1.43 Å². The summed E-state index contributed by atoms with van der Waals surface area (Å²) in [6.07, 6.45) is 2.72. The average Bonchev–Trinajstić information content (AvgIpc) is 2.55. The molecule has 0 aliphatic rings. The Hall–Kier alpha value is -2.60. The monoisotopic (exact) mass is 272 g/mol. The predicted octanol–water partition coefficient (Wildman–Crippen LogP) is 6.34. The van der Waals surface area contributed by atoms with Crippen molar-refractivity contribution in [2.24, 2.45) is 0 Å². The van der Waals surface area contributed by atoms with Crippen molar-refractivity contribution >= 4 is 16.3 Å². The van der Waals surface area contributed by atoms with Crippen LogP contribution in [0.4, 0.5) is 0 Å². The van der Waals surface area contributed by atoms with E-state index in [1.807, 2.05) is 6.08 Å². The van der Waals surface area contributed by atoms with Crippen LogP contribution in [0.15, 0.2) is 86.0 Å². The highest BCUT2D eigenvalue weighted by atomic mass is 14.1. The largest absolute Gasteiger partial charge is 0.103 e. The summed E-state index contributed by atoms with van der Waals surface area (Å²) >= 11 is 0. The van der Waals surface area contributed by atoms with E-state index in [1.54, 1.807) is 0 Å². The Labute approximate surface area is 127 Å². The minimum atomic E-state index is 0. The molecule has 0 saturated heterocycles. The minimum absolute atomic E-state index is 0. The van der Waals surface area contributed by atoms with Crippen molar-refractivity contribution in [1.29, 1.82) is 0 Å². The third kappa shape index (κ3) is 2.66. The first kappa shape index (κ1) is 13.4. The summed E-state index contributed by atoms with van der Waals surface area (Å²) in [4.78, 5) is 0. The molecule has 21 heavy (non-hydrogen) atoms. The minimum Gasteiger partial charge on any atom is -0.103 e. The molecule has 0 aromatic heterocycles. The molecule has 0 spiro atoms. The van der Waals surface area contributed by atoms with Crippen molar-refractivity contribution in [3.05, 3.63) is 91.5 Å². The molecule has 0 saturated carbocycles. The van der Waals surface area contributed by atoms with Crippen molar-refractivity contribution in [3.63, 3.8) is 0 Å². The van der Waals surface area contributed by atoms with Crippen LogP contribution < -0.4 is 0 Å². The van der Waals surface area contributed by atoms with Crippen molar-refractivity contribution in [2.45, 2.75) is 6.42 Å². The van der Waals surface area contributed by atoms with Crippen LogP contribution in [-0.2, 0) is 0 Å². The summed E-state index contributed by atoms with van der Waals surface area (Å²) in [5, 5.41) is 2.56. The standard InChI is InChI=1S/C21H18.H2/c1-3-7-16(2)17-12-14-19(15-13-17)21-11-6-9-18-8-4-5-10-20(18)21;/h3-6,8-15H,1-2,7H2;1H. The van der Waals surface area contributed by atoms with Gasteiger partial charge in [0.2, 0.25) is 0 Å². The van der Waals surface area contributed by atoms with Crippen LogP contribution >= 0.6 is 0 Å². The van der Waals surface area contributed by atoms with E-state index in [4.69, 9.17) is 0 Å². The van der Waals surface area contributed by atoms with Crippen LogP contribution in [0.1, 0.15) is 13.4 Å². The molecule has 0 nitrogen and oxygen atoms in total. The molecule has 0 N–H and O–H groups in total. The molecule has 0 heterocycles. The topological polar surface area (TPSA) is 0 Å². The highest BCUT2D eigenvalue weighted by Gasteiger charge is 2.04.